The Balaban J connectivity index is 1.90. The molecule has 0 atom stereocenters. The van der Waals surface area contributed by atoms with Crippen LogP contribution in [0.3, 0.4) is 0 Å². The second-order valence-corrected chi connectivity index (χ2v) is 5.33. The number of carbonyl (C=O) groups is 1. The Morgan fingerprint density at radius 3 is 2.75 bits per heavy atom. The molecule has 0 unspecified atom stereocenters. The summed E-state index contributed by atoms with van der Waals surface area (Å²) >= 11 is 0. The lowest BCUT2D eigenvalue weighted by Gasteiger charge is -2.19. The van der Waals surface area contributed by atoms with Crippen LogP contribution in [0.5, 0.6) is 0 Å². The van der Waals surface area contributed by atoms with Crippen LogP contribution in [-0.4, -0.2) is 26.5 Å². The molecule has 2 aromatic heterocycles. The van der Waals surface area contributed by atoms with Crippen molar-refractivity contribution in [2.75, 3.05) is 0 Å². The smallest absolute Gasteiger partial charge is 0.407 e. The van der Waals surface area contributed by atoms with E-state index < -0.39 is 11.7 Å². The average Bonchev–Trinajstić information content (AvgIpc) is 2.89. The quantitative estimate of drug-likeness (QED) is 0.932. The van der Waals surface area contributed by atoms with Gasteiger partial charge < -0.3 is 10.1 Å². The highest BCUT2D eigenvalue weighted by atomic mass is 16.6. The maximum Gasteiger partial charge on any atom is 0.407 e. The van der Waals surface area contributed by atoms with E-state index in [2.05, 4.69) is 15.4 Å². The van der Waals surface area contributed by atoms with E-state index in [0.717, 1.165) is 11.4 Å². The maximum absolute atomic E-state index is 11.5. The van der Waals surface area contributed by atoms with Gasteiger partial charge in [-0.05, 0) is 38.5 Å². The summed E-state index contributed by atoms with van der Waals surface area (Å²) in [4.78, 5) is 15.8. The van der Waals surface area contributed by atoms with E-state index in [1.54, 1.807) is 17.1 Å². The first kappa shape index (κ1) is 14.0. The summed E-state index contributed by atoms with van der Waals surface area (Å²) in [6, 6.07) is 5.57. The van der Waals surface area contributed by atoms with Crippen LogP contribution in [-0.2, 0) is 11.3 Å². The Hall–Kier alpha value is -2.37. The molecule has 2 aromatic rings. The Morgan fingerprint density at radius 1 is 1.40 bits per heavy atom. The molecule has 6 heteroatoms. The van der Waals surface area contributed by atoms with Crippen molar-refractivity contribution < 1.29 is 9.53 Å². The fraction of sp³-hybridized carbons (Fsp3) is 0.357. The number of carbonyl (C=O) groups excluding carboxylic acids is 1. The molecule has 1 N–H and O–H groups in total. The number of amides is 1. The second-order valence-electron chi connectivity index (χ2n) is 5.33. The van der Waals surface area contributed by atoms with Crippen LogP contribution in [0.1, 0.15) is 26.3 Å². The molecule has 0 aliphatic carbocycles. The minimum absolute atomic E-state index is 0.376. The number of alkyl carbamates (subject to hydrolysis) is 1. The number of nitrogens with zero attached hydrogens (tertiary/aromatic N) is 3. The van der Waals surface area contributed by atoms with E-state index in [1.807, 2.05) is 45.2 Å². The summed E-state index contributed by atoms with van der Waals surface area (Å²) in [6.45, 7) is 5.86. The summed E-state index contributed by atoms with van der Waals surface area (Å²) in [5.41, 5.74) is 0.401. The van der Waals surface area contributed by atoms with Gasteiger partial charge in [0.05, 0.1) is 0 Å². The van der Waals surface area contributed by atoms with Crippen molar-refractivity contribution in [3.63, 3.8) is 0 Å². The Morgan fingerprint density at radius 2 is 2.20 bits per heavy atom. The molecule has 6 nitrogen and oxygen atoms in total. The van der Waals surface area contributed by atoms with Gasteiger partial charge in [0.2, 0.25) is 0 Å². The average molecular weight is 274 g/mol. The molecule has 2 heterocycles. The minimum Gasteiger partial charge on any atom is -0.444 e. The van der Waals surface area contributed by atoms with E-state index in [9.17, 15) is 4.79 Å². The normalized spacial score (nSPS) is 11.2. The summed E-state index contributed by atoms with van der Waals surface area (Å²) in [5.74, 6) is 0.732. The van der Waals surface area contributed by atoms with Gasteiger partial charge >= 0.3 is 6.09 Å². The van der Waals surface area contributed by atoms with E-state index in [1.165, 1.54) is 0 Å². The highest BCUT2D eigenvalue weighted by molar-refractivity contribution is 5.67. The van der Waals surface area contributed by atoms with Gasteiger partial charge in [-0.1, -0.05) is 6.07 Å². The minimum atomic E-state index is -0.494. The highest BCUT2D eigenvalue weighted by Crippen LogP contribution is 2.08. The van der Waals surface area contributed by atoms with E-state index in [0.29, 0.717) is 6.54 Å². The van der Waals surface area contributed by atoms with Crippen molar-refractivity contribution in [2.45, 2.75) is 32.9 Å². The molecule has 0 bridgehead atoms. The van der Waals surface area contributed by atoms with Gasteiger partial charge in [-0.25, -0.2) is 14.5 Å². The molecular weight excluding hydrogens is 256 g/mol. The first-order valence-corrected chi connectivity index (χ1v) is 6.36. The molecule has 0 saturated carbocycles. The first-order chi connectivity index (χ1) is 9.44. The van der Waals surface area contributed by atoms with Crippen LogP contribution in [0.25, 0.3) is 5.82 Å². The largest absolute Gasteiger partial charge is 0.444 e. The van der Waals surface area contributed by atoms with E-state index in [-0.39, 0.29) is 0 Å². The van der Waals surface area contributed by atoms with Gasteiger partial charge in [-0.15, -0.1) is 0 Å². The van der Waals surface area contributed by atoms with Gasteiger partial charge in [-0.3, -0.25) is 0 Å². The van der Waals surface area contributed by atoms with Crippen molar-refractivity contribution in [1.82, 2.24) is 20.1 Å². The van der Waals surface area contributed by atoms with Crippen LogP contribution in [0.15, 0.2) is 36.8 Å². The number of nitrogens with one attached hydrogen (secondary N) is 1. The van der Waals surface area contributed by atoms with Crippen LogP contribution < -0.4 is 5.32 Å². The lowest BCUT2D eigenvalue weighted by atomic mass is 10.2. The van der Waals surface area contributed by atoms with Crippen molar-refractivity contribution >= 4 is 6.09 Å². The van der Waals surface area contributed by atoms with Crippen LogP contribution in [0.4, 0.5) is 4.79 Å². The zero-order chi connectivity index (χ0) is 14.6. The zero-order valence-electron chi connectivity index (χ0n) is 11.8. The summed E-state index contributed by atoms with van der Waals surface area (Å²) in [5, 5.41) is 6.78. The molecule has 2 rings (SSSR count). The number of rotatable bonds is 3. The molecule has 0 saturated heterocycles. The topological polar surface area (TPSA) is 69.0 Å². The Kier molecular flexibility index (Phi) is 4.02. The highest BCUT2D eigenvalue weighted by Gasteiger charge is 2.15. The molecular formula is C14H18N4O2. The SMILES string of the molecule is CC(C)(C)OC(=O)NCc1ccc(-n2cccn2)nc1. The van der Waals surface area contributed by atoms with Crippen molar-refractivity contribution in [1.29, 1.82) is 0 Å². The number of aromatic nitrogens is 3. The van der Waals surface area contributed by atoms with E-state index >= 15 is 0 Å². The summed E-state index contributed by atoms with van der Waals surface area (Å²) in [7, 11) is 0. The van der Waals surface area contributed by atoms with Gasteiger partial charge in [-0.2, -0.15) is 5.10 Å². The van der Waals surface area contributed by atoms with Crippen LogP contribution in [0, 0.1) is 0 Å². The van der Waals surface area contributed by atoms with Crippen LogP contribution >= 0.6 is 0 Å². The molecule has 106 valence electrons. The predicted octanol–water partition coefficient (Wildman–Crippen LogP) is 2.29. The van der Waals surface area contributed by atoms with Gasteiger partial charge in [0.1, 0.15) is 5.60 Å². The fourth-order valence-corrected chi connectivity index (χ4v) is 1.55. The van der Waals surface area contributed by atoms with Gasteiger partial charge in [0, 0.05) is 25.1 Å². The third-order valence-electron chi connectivity index (χ3n) is 2.38. The molecule has 0 aromatic carbocycles. The Bertz CT molecular complexity index is 556. The van der Waals surface area contributed by atoms with Crippen LogP contribution in [0.2, 0.25) is 0 Å². The number of hydrogen-bond acceptors (Lipinski definition) is 4. The first-order valence-electron chi connectivity index (χ1n) is 6.36. The van der Waals surface area contributed by atoms with Crippen molar-refractivity contribution in [2.24, 2.45) is 0 Å². The summed E-state index contributed by atoms with van der Waals surface area (Å²) < 4.78 is 6.83. The molecule has 0 spiro atoms. The van der Waals surface area contributed by atoms with Gasteiger partial charge in [0.15, 0.2) is 5.82 Å². The molecule has 0 aliphatic rings. The molecule has 20 heavy (non-hydrogen) atoms. The van der Waals surface area contributed by atoms with Crippen molar-refractivity contribution in [3.8, 4) is 5.82 Å². The molecule has 1 amide bonds. The van der Waals surface area contributed by atoms with E-state index in [4.69, 9.17) is 4.74 Å². The Labute approximate surface area is 117 Å². The molecule has 0 fully saturated rings. The fourth-order valence-electron chi connectivity index (χ4n) is 1.55. The maximum atomic E-state index is 11.5. The number of ether oxygens (including phenoxy) is 1. The lowest BCUT2D eigenvalue weighted by molar-refractivity contribution is 0.0523. The second kappa shape index (κ2) is 5.73. The molecule has 0 aliphatic heterocycles. The van der Waals surface area contributed by atoms with Gasteiger partial charge in [0.25, 0.3) is 0 Å². The zero-order valence-corrected chi connectivity index (χ0v) is 11.8. The number of hydrogen-bond donors (Lipinski definition) is 1. The lowest BCUT2D eigenvalue weighted by Crippen LogP contribution is -2.32. The third-order valence-corrected chi connectivity index (χ3v) is 2.38. The third kappa shape index (κ3) is 4.08. The van der Waals surface area contributed by atoms with Crippen molar-refractivity contribution in [3.05, 3.63) is 42.4 Å². The predicted molar refractivity (Wildman–Crippen MR) is 74.4 cm³/mol. The number of pyridine rings is 1. The molecule has 0 radical (unpaired) electrons. The standard InChI is InChI=1S/C14H18N4O2/c1-14(2,3)20-13(19)16-10-11-5-6-12(15-9-11)18-8-4-7-17-18/h4-9H,10H2,1-3H3,(H,16,19). The summed E-state index contributed by atoms with van der Waals surface area (Å²) in [6.07, 6.45) is 4.78. The monoisotopic (exact) mass is 274 g/mol.